The van der Waals surface area contributed by atoms with Gasteiger partial charge in [0.15, 0.2) is 8.32 Å². The molecule has 1 saturated heterocycles. The Morgan fingerprint density at radius 3 is 1.79 bits per heavy atom. The van der Waals surface area contributed by atoms with Gasteiger partial charge in [-0.15, -0.1) is 0 Å². The van der Waals surface area contributed by atoms with Crippen LogP contribution in [-0.4, -0.2) is 40.0 Å². The molecule has 0 saturated carbocycles. The molecule has 4 atom stereocenters. The van der Waals surface area contributed by atoms with Gasteiger partial charge < -0.3 is 23.4 Å². The lowest BCUT2D eigenvalue weighted by Gasteiger charge is -2.47. The summed E-state index contributed by atoms with van der Waals surface area (Å²) in [5.41, 5.74) is 2.15. The van der Waals surface area contributed by atoms with Crippen molar-refractivity contribution in [3.8, 4) is 0 Å². The maximum atomic E-state index is 6.79. The highest BCUT2D eigenvalue weighted by Gasteiger charge is 2.50. The van der Waals surface area contributed by atoms with E-state index < -0.39 is 32.9 Å². The van der Waals surface area contributed by atoms with Gasteiger partial charge in [-0.2, -0.15) is 0 Å². The minimum Gasteiger partial charge on any atom is -0.464 e. The predicted molar refractivity (Wildman–Crippen MR) is 133 cm³/mol. The van der Waals surface area contributed by atoms with Gasteiger partial charge in [0, 0.05) is 7.11 Å². The van der Waals surface area contributed by atoms with Gasteiger partial charge in [0.25, 0.3) is 0 Å². The number of benzene rings is 2. The molecule has 0 radical (unpaired) electrons. The number of hydrogen-bond acceptors (Lipinski definition) is 5. The second-order valence-electron chi connectivity index (χ2n) is 10.0. The van der Waals surface area contributed by atoms with Gasteiger partial charge in [0.1, 0.15) is 24.1 Å². The van der Waals surface area contributed by atoms with Crippen LogP contribution in [0.3, 0.4) is 0 Å². The molecule has 5 nitrogen and oxygen atoms in total. The maximum Gasteiger partial charge on any atom is 0.228 e. The zero-order valence-corrected chi connectivity index (χ0v) is 21.7. The normalized spacial score (nSPS) is 23.9. The van der Waals surface area contributed by atoms with Crippen LogP contribution in [0.15, 0.2) is 73.0 Å². The Morgan fingerprint density at radius 1 is 0.848 bits per heavy atom. The van der Waals surface area contributed by atoms with Crippen LogP contribution in [0.25, 0.3) is 0 Å². The van der Waals surface area contributed by atoms with E-state index in [2.05, 4.69) is 40.4 Å². The van der Waals surface area contributed by atoms with Crippen LogP contribution >= 0.6 is 0 Å². The molecule has 6 heteroatoms. The molecule has 0 unspecified atom stereocenters. The van der Waals surface area contributed by atoms with E-state index in [0.29, 0.717) is 19.0 Å². The zero-order chi connectivity index (χ0) is 24.1. The summed E-state index contributed by atoms with van der Waals surface area (Å²) in [7, 11) is -0.539. The highest BCUT2D eigenvalue weighted by molar-refractivity contribution is 6.74. The van der Waals surface area contributed by atoms with E-state index in [-0.39, 0.29) is 5.04 Å². The summed E-state index contributed by atoms with van der Waals surface area (Å²) >= 11 is 0. The summed E-state index contributed by atoms with van der Waals surface area (Å²) in [4.78, 5) is 0. The molecule has 2 aromatic carbocycles. The van der Waals surface area contributed by atoms with Crippen LogP contribution in [0.1, 0.15) is 31.9 Å². The number of rotatable bonds is 9. The highest BCUT2D eigenvalue weighted by atomic mass is 28.4. The minimum absolute atomic E-state index is 0.0236. The molecule has 0 bridgehead atoms. The maximum absolute atomic E-state index is 6.79. The number of ether oxygens (including phenoxy) is 4. The Bertz CT molecular complexity index is 878. The smallest absolute Gasteiger partial charge is 0.228 e. The zero-order valence-electron chi connectivity index (χ0n) is 20.7. The summed E-state index contributed by atoms with van der Waals surface area (Å²) in [6, 6.07) is 20.2. The molecular formula is C27H38O5Si. The topological polar surface area (TPSA) is 46.2 Å². The second kappa shape index (κ2) is 11.0. The van der Waals surface area contributed by atoms with Crippen molar-refractivity contribution in [2.45, 2.75) is 76.7 Å². The average molecular weight is 471 g/mol. The first-order valence-electron chi connectivity index (χ1n) is 11.5. The molecule has 0 aliphatic carbocycles. The molecule has 0 spiro atoms. The third-order valence-corrected chi connectivity index (χ3v) is 11.0. The van der Waals surface area contributed by atoms with E-state index in [1.165, 1.54) is 0 Å². The number of hydrogen-bond donors (Lipinski definition) is 0. The summed E-state index contributed by atoms with van der Waals surface area (Å²) in [6.07, 6.45) is -2.02. The van der Waals surface area contributed by atoms with Gasteiger partial charge >= 0.3 is 0 Å². The van der Waals surface area contributed by atoms with Crippen molar-refractivity contribution >= 4 is 8.32 Å². The van der Waals surface area contributed by atoms with E-state index in [0.717, 1.165) is 11.1 Å². The summed E-state index contributed by atoms with van der Waals surface area (Å²) in [5, 5.41) is 0.0236. The van der Waals surface area contributed by atoms with E-state index in [1.807, 2.05) is 60.7 Å². The van der Waals surface area contributed by atoms with Crippen LogP contribution in [-0.2, 0) is 36.6 Å². The molecule has 33 heavy (non-hydrogen) atoms. The lowest BCUT2D eigenvalue weighted by molar-refractivity contribution is -0.261. The molecule has 0 aromatic heterocycles. The Labute approximate surface area is 199 Å². The van der Waals surface area contributed by atoms with E-state index in [1.54, 1.807) is 7.11 Å². The molecule has 180 valence electrons. The SMILES string of the molecule is C=C1O[C@H](OC)[C@H](OCc2ccccc2)[C@@H](OCc2ccccc2)[C@@H]1O[Si](C)(C)C(C)(C)C. The first kappa shape index (κ1) is 25.7. The molecule has 1 aliphatic rings. The van der Waals surface area contributed by atoms with Crippen LogP contribution in [0.4, 0.5) is 0 Å². The highest BCUT2D eigenvalue weighted by Crippen LogP contribution is 2.41. The second-order valence-corrected chi connectivity index (χ2v) is 14.8. The largest absolute Gasteiger partial charge is 0.464 e. The third kappa shape index (κ3) is 6.55. The lowest BCUT2D eigenvalue weighted by atomic mass is 10.0. The quantitative estimate of drug-likeness (QED) is 0.417. The van der Waals surface area contributed by atoms with Crippen molar-refractivity contribution in [2.24, 2.45) is 0 Å². The Kier molecular flexibility index (Phi) is 8.53. The first-order chi connectivity index (χ1) is 15.6. The van der Waals surface area contributed by atoms with Crippen molar-refractivity contribution < 1.29 is 23.4 Å². The van der Waals surface area contributed by atoms with Gasteiger partial charge in [-0.25, -0.2) is 0 Å². The molecular weight excluding hydrogens is 432 g/mol. The van der Waals surface area contributed by atoms with Gasteiger partial charge in [0.2, 0.25) is 6.29 Å². The molecule has 1 heterocycles. The van der Waals surface area contributed by atoms with Gasteiger partial charge in [0.05, 0.1) is 13.2 Å². The fourth-order valence-electron chi connectivity index (χ4n) is 3.49. The molecule has 1 fully saturated rings. The van der Waals surface area contributed by atoms with Crippen LogP contribution < -0.4 is 0 Å². The molecule has 2 aromatic rings. The Hall–Kier alpha value is -1.96. The monoisotopic (exact) mass is 470 g/mol. The molecule has 0 amide bonds. The summed E-state index contributed by atoms with van der Waals surface area (Å²) < 4.78 is 31.4. The summed E-state index contributed by atoms with van der Waals surface area (Å²) in [6.45, 7) is 16.1. The fraction of sp³-hybridized carbons (Fsp3) is 0.481. The summed E-state index contributed by atoms with van der Waals surface area (Å²) in [5.74, 6) is 0.518. The standard InChI is InChI=1S/C27H38O5Si/c1-20-23(32-33(6,7)27(2,3)4)24(29-18-21-14-10-8-11-15-21)25(26(28-5)31-20)30-19-22-16-12-9-13-17-22/h8-17,23-26H,1,18-19H2,2-7H3/t23-,24+,25-,26+/m1/s1. The lowest BCUT2D eigenvalue weighted by Crippen LogP contribution is -2.58. The van der Waals surface area contributed by atoms with Crippen molar-refractivity contribution in [1.29, 1.82) is 0 Å². The van der Waals surface area contributed by atoms with Gasteiger partial charge in [-0.1, -0.05) is 88.0 Å². The Morgan fingerprint density at radius 2 is 1.33 bits per heavy atom. The van der Waals surface area contributed by atoms with Crippen LogP contribution in [0.2, 0.25) is 18.1 Å². The average Bonchev–Trinajstić information content (AvgIpc) is 2.78. The van der Waals surface area contributed by atoms with Crippen molar-refractivity contribution in [3.05, 3.63) is 84.1 Å². The molecule has 3 rings (SSSR count). The fourth-order valence-corrected chi connectivity index (χ4v) is 4.75. The van der Waals surface area contributed by atoms with Gasteiger partial charge in [-0.05, 0) is 29.3 Å². The van der Waals surface area contributed by atoms with E-state index in [9.17, 15) is 0 Å². The van der Waals surface area contributed by atoms with Gasteiger partial charge in [-0.3, -0.25) is 0 Å². The Balaban J connectivity index is 1.88. The predicted octanol–water partition coefficient (Wildman–Crippen LogP) is 6.06. The van der Waals surface area contributed by atoms with Crippen LogP contribution in [0, 0.1) is 0 Å². The molecule has 0 N–H and O–H groups in total. The van der Waals surface area contributed by atoms with E-state index >= 15 is 0 Å². The molecule has 1 aliphatic heterocycles. The minimum atomic E-state index is -2.15. The van der Waals surface area contributed by atoms with Crippen LogP contribution in [0.5, 0.6) is 0 Å². The number of methoxy groups -OCH3 is 1. The van der Waals surface area contributed by atoms with Crippen molar-refractivity contribution in [3.63, 3.8) is 0 Å². The van der Waals surface area contributed by atoms with E-state index in [4.69, 9.17) is 23.4 Å². The van der Waals surface area contributed by atoms with Crippen molar-refractivity contribution in [2.75, 3.05) is 7.11 Å². The van der Waals surface area contributed by atoms with Crippen molar-refractivity contribution in [1.82, 2.24) is 0 Å². The first-order valence-corrected chi connectivity index (χ1v) is 14.4. The third-order valence-electron chi connectivity index (χ3n) is 6.51.